The number of amides is 1. The van der Waals surface area contributed by atoms with Gasteiger partial charge in [0.2, 0.25) is 0 Å². The third kappa shape index (κ3) is 3.93. The Morgan fingerprint density at radius 2 is 1.96 bits per heavy atom. The van der Waals surface area contributed by atoms with Crippen LogP contribution >= 0.6 is 0 Å². The van der Waals surface area contributed by atoms with Gasteiger partial charge in [-0.1, -0.05) is 6.07 Å². The van der Waals surface area contributed by atoms with Crippen molar-refractivity contribution in [1.82, 2.24) is 9.88 Å². The predicted molar refractivity (Wildman–Crippen MR) is 90.2 cm³/mol. The number of hydrogen-bond acceptors (Lipinski definition) is 4. The molecular weight excluding hydrogens is 325 g/mol. The molecule has 1 fully saturated rings. The molecule has 2 N–H and O–H groups in total. The van der Waals surface area contributed by atoms with E-state index in [1.807, 2.05) is 0 Å². The van der Waals surface area contributed by atoms with Crippen LogP contribution in [0.15, 0.2) is 42.6 Å². The largest absolute Gasteiger partial charge is 0.481 e. The zero-order chi connectivity index (χ0) is 17.8. The zero-order valence-corrected chi connectivity index (χ0v) is 13.5. The highest BCUT2D eigenvalue weighted by Crippen LogP contribution is 2.23. The van der Waals surface area contributed by atoms with Gasteiger partial charge in [0.25, 0.3) is 5.91 Å². The summed E-state index contributed by atoms with van der Waals surface area (Å²) in [7, 11) is 0. The number of rotatable bonds is 4. The molecule has 0 radical (unpaired) electrons. The summed E-state index contributed by atoms with van der Waals surface area (Å²) < 4.78 is 13.3. The molecule has 0 aliphatic carbocycles. The lowest BCUT2D eigenvalue weighted by molar-refractivity contribution is -0.143. The summed E-state index contributed by atoms with van der Waals surface area (Å²) in [6.45, 7) is 0.786. The van der Waals surface area contributed by atoms with E-state index in [-0.39, 0.29) is 11.7 Å². The Morgan fingerprint density at radius 1 is 1.20 bits per heavy atom. The Bertz CT molecular complexity index is 789. The standard InChI is InChI=1S/C18H18FN3O3/c19-13-3-1-4-14(11-13)21-16-15(5-2-8-20-16)17(23)22-9-6-12(7-10-22)18(24)25/h1-5,8,11-12H,6-7,9-10H2,(H,20,21)(H,24,25). The predicted octanol–water partition coefficient (Wildman–Crippen LogP) is 2.90. The fourth-order valence-electron chi connectivity index (χ4n) is 2.88. The van der Waals surface area contributed by atoms with Crippen LogP contribution in [0, 0.1) is 11.7 Å². The van der Waals surface area contributed by atoms with Crippen molar-refractivity contribution in [3.05, 3.63) is 54.0 Å². The highest BCUT2D eigenvalue weighted by molar-refractivity contribution is 5.99. The first-order valence-corrected chi connectivity index (χ1v) is 8.04. The molecule has 0 unspecified atom stereocenters. The van der Waals surface area contributed by atoms with E-state index in [0.29, 0.717) is 43.0 Å². The van der Waals surface area contributed by atoms with E-state index in [2.05, 4.69) is 10.3 Å². The molecule has 0 atom stereocenters. The van der Waals surface area contributed by atoms with Crippen LogP contribution in [-0.2, 0) is 4.79 Å². The Hall–Kier alpha value is -2.96. The molecule has 1 aromatic heterocycles. The molecule has 0 saturated carbocycles. The molecular formula is C18H18FN3O3. The first-order valence-electron chi connectivity index (χ1n) is 8.04. The van der Waals surface area contributed by atoms with Crippen molar-refractivity contribution in [1.29, 1.82) is 0 Å². The van der Waals surface area contributed by atoms with Gasteiger partial charge in [0.15, 0.2) is 0 Å². The van der Waals surface area contributed by atoms with Crippen LogP contribution < -0.4 is 5.32 Å². The van der Waals surface area contributed by atoms with Crippen LogP contribution in [0.3, 0.4) is 0 Å². The second-order valence-corrected chi connectivity index (χ2v) is 5.94. The minimum absolute atomic E-state index is 0.212. The number of carbonyl (C=O) groups is 2. The van der Waals surface area contributed by atoms with E-state index in [9.17, 15) is 14.0 Å². The molecule has 1 aliphatic rings. The van der Waals surface area contributed by atoms with Gasteiger partial charge in [-0.15, -0.1) is 0 Å². The van der Waals surface area contributed by atoms with Crippen molar-refractivity contribution in [2.45, 2.75) is 12.8 Å². The number of piperidine rings is 1. The van der Waals surface area contributed by atoms with Gasteiger partial charge in [0.1, 0.15) is 11.6 Å². The van der Waals surface area contributed by atoms with Gasteiger partial charge >= 0.3 is 5.97 Å². The third-order valence-electron chi connectivity index (χ3n) is 4.26. The van der Waals surface area contributed by atoms with Crippen molar-refractivity contribution in [3.63, 3.8) is 0 Å². The molecule has 6 nitrogen and oxygen atoms in total. The van der Waals surface area contributed by atoms with Gasteiger partial charge in [0, 0.05) is 25.0 Å². The van der Waals surface area contributed by atoms with Gasteiger partial charge < -0.3 is 15.3 Å². The topological polar surface area (TPSA) is 82.5 Å². The number of aromatic nitrogens is 1. The van der Waals surface area contributed by atoms with Crippen molar-refractivity contribution in [3.8, 4) is 0 Å². The fourth-order valence-corrected chi connectivity index (χ4v) is 2.88. The summed E-state index contributed by atoms with van der Waals surface area (Å²) in [6, 6.07) is 9.22. The van der Waals surface area contributed by atoms with Crippen LogP contribution in [0.4, 0.5) is 15.9 Å². The molecule has 1 saturated heterocycles. The quantitative estimate of drug-likeness (QED) is 0.892. The van der Waals surface area contributed by atoms with Gasteiger partial charge in [0.05, 0.1) is 11.5 Å². The molecule has 0 spiro atoms. The lowest BCUT2D eigenvalue weighted by Crippen LogP contribution is -2.40. The Morgan fingerprint density at radius 3 is 2.64 bits per heavy atom. The summed E-state index contributed by atoms with van der Waals surface area (Å²) in [5.74, 6) is -1.47. The lowest BCUT2D eigenvalue weighted by atomic mass is 9.96. The maximum Gasteiger partial charge on any atom is 0.306 e. The molecule has 0 bridgehead atoms. The van der Waals surface area contributed by atoms with E-state index in [1.165, 1.54) is 12.1 Å². The number of nitrogens with one attached hydrogen (secondary N) is 1. The van der Waals surface area contributed by atoms with Crippen LogP contribution in [0.5, 0.6) is 0 Å². The molecule has 1 aromatic carbocycles. The summed E-state index contributed by atoms with van der Waals surface area (Å²) >= 11 is 0. The Kier molecular flexibility index (Phi) is 4.92. The smallest absolute Gasteiger partial charge is 0.306 e. The number of likely N-dealkylation sites (tertiary alicyclic amines) is 1. The number of nitrogens with zero attached hydrogens (tertiary/aromatic N) is 2. The third-order valence-corrected chi connectivity index (χ3v) is 4.26. The van der Waals surface area contributed by atoms with E-state index in [1.54, 1.807) is 35.4 Å². The Labute approximate surface area is 144 Å². The van der Waals surface area contributed by atoms with Crippen molar-refractivity contribution >= 4 is 23.4 Å². The number of aliphatic carboxylic acids is 1. The highest BCUT2D eigenvalue weighted by atomic mass is 19.1. The second-order valence-electron chi connectivity index (χ2n) is 5.94. The highest BCUT2D eigenvalue weighted by Gasteiger charge is 2.28. The maximum atomic E-state index is 13.3. The molecule has 130 valence electrons. The maximum absolute atomic E-state index is 13.3. The molecule has 1 aliphatic heterocycles. The van der Waals surface area contributed by atoms with Crippen LogP contribution in [0.25, 0.3) is 0 Å². The van der Waals surface area contributed by atoms with Crippen molar-refractivity contribution in [2.75, 3.05) is 18.4 Å². The van der Waals surface area contributed by atoms with E-state index in [4.69, 9.17) is 5.11 Å². The van der Waals surface area contributed by atoms with Crippen molar-refractivity contribution < 1.29 is 19.1 Å². The normalized spacial score (nSPS) is 15.0. The molecule has 2 heterocycles. The molecule has 2 aromatic rings. The van der Waals surface area contributed by atoms with Gasteiger partial charge in [-0.05, 0) is 43.2 Å². The summed E-state index contributed by atoms with van der Waals surface area (Å²) in [5.41, 5.74) is 0.873. The Balaban J connectivity index is 1.76. The number of benzene rings is 1. The average molecular weight is 343 g/mol. The summed E-state index contributed by atoms with van der Waals surface area (Å²) in [4.78, 5) is 29.6. The van der Waals surface area contributed by atoms with Gasteiger partial charge in [-0.2, -0.15) is 0 Å². The first-order chi connectivity index (χ1) is 12.0. The first kappa shape index (κ1) is 16.9. The number of pyridine rings is 1. The number of halogens is 1. The van der Waals surface area contributed by atoms with Gasteiger partial charge in [-0.25, -0.2) is 9.37 Å². The van der Waals surface area contributed by atoms with E-state index < -0.39 is 11.9 Å². The number of carbonyl (C=O) groups excluding carboxylic acids is 1. The lowest BCUT2D eigenvalue weighted by Gasteiger charge is -2.30. The van der Waals surface area contributed by atoms with E-state index in [0.717, 1.165) is 0 Å². The van der Waals surface area contributed by atoms with Crippen molar-refractivity contribution in [2.24, 2.45) is 5.92 Å². The molecule has 1 amide bonds. The van der Waals surface area contributed by atoms with Crippen LogP contribution in [0.1, 0.15) is 23.2 Å². The van der Waals surface area contributed by atoms with Gasteiger partial charge in [-0.3, -0.25) is 9.59 Å². The minimum atomic E-state index is -0.818. The SMILES string of the molecule is O=C(O)C1CCN(C(=O)c2cccnc2Nc2cccc(F)c2)CC1. The van der Waals surface area contributed by atoms with Crippen LogP contribution in [-0.4, -0.2) is 40.0 Å². The monoisotopic (exact) mass is 343 g/mol. The molecule has 3 rings (SSSR count). The fraction of sp³-hybridized carbons (Fsp3) is 0.278. The second kappa shape index (κ2) is 7.29. The summed E-state index contributed by atoms with van der Waals surface area (Å²) in [6.07, 6.45) is 2.43. The number of anilines is 2. The average Bonchev–Trinajstić information content (AvgIpc) is 2.62. The zero-order valence-electron chi connectivity index (χ0n) is 13.5. The summed E-state index contributed by atoms with van der Waals surface area (Å²) in [5, 5.41) is 12.0. The number of carboxylic acid groups (broad SMARTS) is 1. The molecule has 25 heavy (non-hydrogen) atoms. The number of carboxylic acids is 1. The van der Waals surface area contributed by atoms with Crippen LogP contribution in [0.2, 0.25) is 0 Å². The molecule has 7 heteroatoms. The number of hydrogen-bond donors (Lipinski definition) is 2. The minimum Gasteiger partial charge on any atom is -0.481 e. The van der Waals surface area contributed by atoms with E-state index >= 15 is 0 Å².